The maximum atomic E-state index is 12.1. The van der Waals surface area contributed by atoms with Crippen molar-refractivity contribution >= 4 is 34.9 Å². The van der Waals surface area contributed by atoms with E-state index in [0.717, 1.165) is 22.5 Å². The van der Waals surface area contributed by atoms with E-state index < -0.39 is 0 Å². The first-order chi connectivity index (χ1) is 12.1. The number of amides is 3. The van der Waals surface area contributed by atoms with E-state index in [2.05, 4.69) is 10.6 Å². The summed E-state index contributed by atoms with van der Waals surface area (Å²) in [6.07, 6.45) is 1.21. The van der Waals surface area contributed by atoms with Gasteiger partial charge in [-0.15, -0.1) is 0 Å². The largest absolute Gasteiger partial charge is 0.334 e. The van der Waals surface area contributed by atoms with Crippen LogP contribution in [-0.2, 0) is 17.8 Å². The molecule has 2 aromatic rings. The van der Waals surface area contributed by atoms with Crippen LogP contribution < -0.4 is 15.5 Å². The van der Waals surface area contributed by atoms with Crippen LogP contribution in [0.3, 0.4) is 0 Å². The van der Waals surface area contributed by atoms with Crippen LogP contribution in [0.15, 0.2) is 42.5 Å². The van der Waals surface area contributed by atoms with Crippen molar-refractivity contribution < 1.29 is 9.59 Å². The molecule has 0 aliphatic carbocycles. The maximum Gasteiger partial charge on any atom is 0.319 e. The molecule has 6 heteroatoms. The zero-order valence-corrected chi connectivity index (χ0v) is 14.8. The summed E-state index contributed by atoms with van der Waals surface area (Å²) in [5.74, 6) is 0.149. The SMILES string of the molecule is CCN1C(=O)CCc2cc(NC(=O)NCc3ccc(Cl)cc3)ccc21. The number of hydrogen-bond acceptors (Lipinski definition) is 2. The Balaban J connectivity index is 1.62. The molecule has 0 unspecified atom stereocenters. The van der Waals surface area contributed by atoms with Crippen LogP contribution in [0.4, 0.5) is 16.2 Å². The standard InChI is InChI=1S/C19H20ClN3O2/c1-2-23-17-9-8-16(11-14(17)5-10-18(23)24)22-19(25)21-12-13-3-6-15(20)7-4-13/h3-4,6-9,11H,2,5,10,12H2,1H3,(H2,21,22,25). The Morgan fingerprint density at radius 3 is 2.64 bits per heavy atom. The van der Waals surface area contributed by atoms with Crippen LogP contribution in [0.1, 0.15) is 24.5 Å². The Hall–Kier alpha value is -2.53. The predicted octanol–water partition coefficient (Wildman–Crippen LogP) is 3.96. The minimum atomic E-state index is -0.269. The second-order valence-corrected chi connectivity index (χ2v) is 6.35. The van der Waals surface area contributed by atoms with Gasteiger partial charge in [-0.25, -0.2) is 4.79 Å². The van der Waals surface area contributed by atoms with E-state index in [1.807, 2.05) is 37.3 Å². The van der Waals surface area contributed by atoms with Gasteiger partial charge in [-0.05, 0) is 54.8 Å². The molecule has 3 amide bonds. The van der Waals surface area contributed by atoms with Crippen LogP contribution in [-0.4, -0.2) is 18.5 Å². The van der Waals surface area contributed by atoms with Gasteiger partial charge < -0.3 is 15.5 Å². The zero-order chi connectivity index (χ0) is 17.8. The average molecular weight is 358 g/mol. The van der Waals surface area contributed by atoms with Gasteiger partial charge in [0.1, 0.15) is 0 Å². The molecule has 0 bridgehead atoms. The molecular formula is C19H20ClN3O2. The summed E-state index contributed by atoms with van der Waals surface area (Å²) < 4.78 is 0. The Morgan fingerprint density at radius 2 is 1.92 bits per heavy atom. The smallest absolute Gasteiger partial charge is 0.319 e. The van der Waals surface area contributed by atoms with E-state index in [4.69, 9.17) is 11.6 Å². The summed E-state index contributed by atoms with van der Waals surface area (Å²) >= 11 is 5.85. The Labute approximate surface area is 152 Å². The van der Waals surface area contributed by atoms with E-state index in [-0.39, 0.29) is 11.9 Å². The first kappa shape index (κ1) is 17.3. The molecule has 2 aromatic carbocycles. The number of urea groups is 1. The Bertz CT molecular complexity index is 790. The molecule has 0 saturated heterocycles. The van der Waals surface area contributed by atoms with Crippen LogP contribution in [0.25, 0.3) is 0 Å². The molecule has 0 saturated carbocycles. The number of fused-ring (bicyclic) bond motifs is 1. The lowest BCUT2D eigenvalue weighted by molar-refractivity contribution is -0.118. The molecule has 0 radical (unpaired) electrons. The average Bonchev–Trinajstić information content (AvgIpc) is 2.61. The minimum absolute atomic E-state index is 0.149. The fourth-order valence-corrected chi connectivity index (χ4v) is 3.07. The van der Waals surface area contributed by atoms with Gasteiger partial charge in [0.05, 0.1) is 0 Å². The lowest BCUT2D eigenvalue weighted by Crippen LogP contribution is -2.35. The second-order valence-electron chi connectivity index (χ2n) is 5.92. The number of carbonyl (C=O) groups is 2. The van der Waals surface area contributed by atoms with Crippen LogP contribution in [0, 0.1) is 0 Å². The summed E-state index contributed by atoms with van der Waals surface area (Å²) in [4.78, 5) is 25.8. The number of aryl methyl sites for hydroxylation is 1. The summed E-state index contributed by atoms with van der Waals surface area (Å²) in [7, 11) is 0. The highest BCUT2D eigenvalue weighted by molar-refractivity contribution is 6.30. The number of anilines is 2. The monoisotopic (exact) mass is 357 g/mol. The zero-order valence-electron chi connectivity index (χ0n) is 14.0. The molecule has 25 heavy (non-hydrogen) atoms. The molecule has 5 nitrogen and oxygen atoms in total. The Kier molecular flexibility index (Phi) is 5.24. The first-order valence-corrected chi connectivity index (χ1v) is 8.67. The highest BCUT2D eigenvalue weighted by atomic mass is 35.5. The highest BCUT2D eigenvalue weighted by Gasteiger charge is 2.22. The van der Waals surface area contributed by atoms with Gasteiger partial charge in [-0.2, -0.15) is 0 Å². The van der Waals surface area contributed by atoms with Crippen LogP contribution in [0.5, 0.6) is 0 Å². The number of rotatable bonds is 4. The molecule has 130 valence electrons. The first-order valence-electron chi connectivity index (χ1n) is 8.29. The number of benzene rings is 2. The topological polar surface area (TPSA) is 61.4 Å². The highest BCUT2D eigenvalue weighted by Crippen LogP contribution is 2.30. The molecule has 0 spiro atoms. The van der Waals surface area contributed by atoms with Gasteiger partial charge in [0, 0.05) is 35.9 Å². The van der Waals surface area contributed by atoms with Crippen molar-refractivity contribution in [3.63, 3.8) is 0 Å². The quantitative estimate of drug-likeness (QED) is 0.870. The Morgan fingerprint density at radius 1 is 1.16 bits per heavy atom. The van der Waals surface area contributed by atoms with Crippen molar-refractivity contribution in [1.82, 2.24) is 5.32 Å². The normalized spacial score (nSPS) is 13.4. The van der Waals surface area contributed by atoms with Crippen molar-refractivity contribution in [3.8, 4) is 0 Å². The number of nitrogens with one attached hydrogen (secondary N) is 2. The number of carbonyl (C=O) groups excluding carboxylic acids is 2. The fraction of sp³-hybridized carbons (Fsp3) is 0.263. The third kappa shape index (κ3) is 4.12. The van der Waals surface area contributed by atoms with Gasteiger partial charge in [-0.3, -0.25) is 4.79 Å². The maximum absolute atomic E-state index is 12.1. The molecule has 1 aliphatic rings. The molecule has 1 aliphatic heterocycles. The summed E-state index contributed by atoms with van der Waals surface area (Å²) in [6.45, 7) is 3.04. The minimum Gasteiger partial charge on any atom is -0.334 e. The van der Waals surface area contributed by atoms with Crippen LogP contribution >= 0.6 is 11.6 Å². The van der Waals surface area contributed by atoms with Gasteiger partial charge in [-0.1, -0.05) is 23.7 Å². The van der Waals surface area contributed by atoms with Gasteiger partial charge in [0.2, 0.25) is 5.91 Å². The van der Waals surface area contributed by atoms with Gasteiger partial charge in [0.25, 0.3) is 0 Å². The molecule has 0 aromatic heterocycles. The van der Waals surface area contributed by atoms with Gasteiger partial charge >= 0.3 is 6.03 Å². The van der Waals surface area contributed by atoms with Crippen molar-refractivity contribution in [1.29, 1.82) is 0 Å². The molecule has 1 heterocycles. The van der Waals surface area contributed by atoms with E-state index in [0.29, 0.717) is 31.0 Å². The van der Waals surface area contributed by atoms with Crippen molar-refractivity contribution in [2.75, 3.05) is 16.8 Å². The van der Waals surface area contributed by atoms with E-state index >= 15 is 0 Å². The van der Waals surface area contributed by atoms with Gasteiger partial charge in [0.15, 0.2) is 0 Å². The summed E-state index contributed by atoms with van der Waals surface area (Å²) in [6, 6.07) is 12.7. The lowest BCUT2D eigenvalue weighted by Gasteiger charge is -2.28. The fourth-order valence-electron chi connectivity index (χ4n) is 2.94. The van der Waals surface area contributed by atoms with E-state index in [1.54, 1.807) is 17.0 Å². The number of nitrogens with zero attached hydrogens (tertiary/aromatic N) is 1. The molecule has 2 N–H and O–H groups in total. The molecule has 0 atom stereocenters. The summed E-state index contributed by atoms with van der Waals surface area (Å²) in [5.41, 5.74) is 3.71. The van der Waals surface area contributed by atoms with E-state index in [9.17, 15) is 9.59 Å². The number of hydrogen-bond donors (Lipinski definition) is 2. The van der Waals surface area contributed by atoms with E-state index in [1.165, 1.54) is 0 Å². The predicted molar refractivity (Wildman–Crippen MR) is 100 cm³/mol. The summed E-state index contributed by atoms with van der Waals surface area (Å²) in [5, 5.41) is 6.32. The van der Waals surface area contributed by atoms with Crippen molar-refractivity contribution in [2.45, 2.75) is 26.3 Å². The van der Waals surface area contributed by atoms with Crippen molar-refractivity contribution in [2.24, 2.45) is 0 Å². The third-order valence-corrected chi connectivity index (χ3v) is 4.47. The lowest BCUT2D eigenvalue weighted by atomic mass is 10.0. The second kappa shape index (κ2) is 7.57. The van der Waals surface area contributed by atoms with Crippen LogP contribution in [0.2, 0.25) is 5.02 Å². The molecular weight excluding hydrogens is 338 g/mol. The molecule has 3 rings (SSSR count). The molecule has 0 fully saturated rings. The number of halogens is 1. The third-order valence-electron chi connectivity index (χ3n) is 4.22. The van der Waals surface area contributed by atoms with Crippen molar-refractivity contribution in [3.05, 3.63) is 58.6 Å².